The van der Waals surface area contributed by atoms with E-state index in [0.717, 1.165) is 22.8 Å². The Bertz CT molecular complexity index is 666. The summed E-state index contributed by atoms with van der Waals surface area (Å²) in [5.41, 5.74) is 1.92. The van der Waals surface area contributed by atoms with Crippen molar-refractivity contribution in [3.63, 3.8) is 0 Å². The maximum Gasteiger partial charge on any atom is 0.226 e. The Morgan fingerprint density at radius 3 is 3.05 bits per heavy atom. The first-order valence-electron chi connectivity index (χ1n) is 7.38. The van der Waals surface area contributed by atoms with Crippen molar-refractivity contribution in [2.24, 2.45) is 13.0 Å². The average Bonchev–Trinajstić information content (AvgIpc) is 3.18. The summed E-state index contributed by atoms with van der Waals surface area (Å²) in [5.74, 6) is -0.164. The Labute approximate surface area is 133 Å². The number of nitrogens with zero attached hydrogens (tertiary/aromatic N) is 3. The lowest BCUT2D eigenvalue weighted by Gasteiger charge is -2.20. The highest BCUT2D eigenvalue weighted by Gasteiger charge is 2.37. The van der Waals surface area contributed by atoms with Crippen molar-refractivity contribution in [1.29, 1.82) is 0 Å². The van der Waals surface area contributed by atoms with E-state index in [9.17, 15) is 4.79 Å². The summed E-state index contributed by atoms with van der Waals surface area (Å²) in [6.45, 7) is 4.52. The number of rotatable bonds is 4. The molecule has 0 unspecified atom stereocenters. The Morgan fingerprint density at radius 1 is 1.59 bits per heavy atom. The lowest BCUT2D eigenvalue weighted by atomic mass is 9.97. The van der Waals surface area contributed by atoms with Gasteiger partial charge in [0.2, 0.25) is 5.91 Å². The topological polar surface area (TPSA) is 69.0 Å². The molecule has 1 N–H and O–H groups in total. The molecule has 1 saturated heterocycles. The summed E-state index contributed by atoms with van der Waals surface area (Å²) in [6.07, 6.45) is 2.23. The van der Waals surface area contributed by atoms with Crippen molar-refractivity contribution in [3.8, 4) is 0 Å². The SMILES string of the molecule is Cc1csc([C@@H](C)NC(=O)[C@@H]2CCO[C@H]2c2ccnn2C)n1. The predicted octanol–water partition coefficient (Wildman–Crippen LogP) is 2.14. The standard InChI is InChI=1S/C15H20N4O2S/c1-9-8-22-15(17-9)10(2)18-14(20)11-5-7-21-13(11)12-4-6-16-19(12)3/h4,6,8,10-11,13H,5,7H2,1-3H3,(H,18,20)/t10-,11-,13-/m1/s1. The Balaban J connectivity index is 1.70. The van der Waals surface area contributed by atoms with Crippen LogP contribution in [0.15, 0.2) is 17.6 Å². The molecule has 1 aliphatic heterocycles. The summed E-state index contributed by atoms with van der Waals surface area (Å²) in [7, 11) is 1.87. The van der Waals surface area contributed by atoms with Crippen molar-refractivity contribution < 1.29 is 9.53 Å². The molecule has 118 valence electrons. The van der Waals surface area contributed by atoms with E-state index in [1.165, 1.54) is 0 Å². The molecule has 1 fully saturated rings. The highest BCUT2D eigenvalue weighted by atomic mass is 32.1. The molecular formula is C15H20N4O2S. The molecule has 0 radical (unpaired) electrons. The van der Waals surface area contributed by atoms with Gasteiger partial charge >= 0.3 is 0 Å². The molecule has 1 amide bonds. The number of aryl methyl sites for hydroxylation is 2. The molecule has 1 aliphatic rings. The number of carbonyl (C=O) groups excluding carboxylic acids is 1. The van der Waals surface area contributed by atoms with Gasteiger partial charge in [-0.2, -0.15) is 5.10 Å². The van der Waals surface area contributed by atoms with Gasteiger partial charge in [0.15, 0.2) is 0 Å². The number of carbonyl (C=O) groups is 1. The molecule has 0 bridgehead atoms. The normalized spacial score (nSPS) is 22.7. The van der Waals surface area contributed by atoms with Crippen LogP contribution in [0.1, 0.15) is 41.9 Å². The van der Waals surface area contributed by atoms with Crippen LogP contribution in [0, 0.1) is 12.8 Å². The second-order valence-electron chi connectivity index (χ2n) is 5.62. The van der Waals surface area contributed by atoms with Crippen molar-refractivity contribution in [3.05, 3.63) is 34.0 Å². The maximum absolute atomic E-state index is 12.6. The van der Waals surface area contributed by atoms with Gasteiger partial charge < -0.3 is 10.1 Å². The third kappa shape index (κ3) is 2.91. The first kappa shape index (κ1) is 15.2. The van der Waals surface area contributed by atoms with Crippen LogP contribution in [0.4, 0.5) is 0 Å². The number of amides is 1. The van der Waals surface area contributed by atoms with Crippen LogP contribution in [0.25, 0.3) is 0 Å². The van der Waals surface area contributed by atoms with E-state index in [0.29, 0.717) is 6.61 Å². The minimum absolute atomic E-state index is 0.0176. The molecule has 6 nitrogen and oxygen atoms in total. The molecular weight excluding hydrogens is 300 g/mol. The minimum atomic E-state index is -0.224. The van der Waals surface area contributed by atoms with Crippen LogP contribution in [-0.2, 0) is 16.6 Å². The fourth-order valence-corrected chi connectivity index (χ4v) is 3.57. The van der Waals surface area contributed by atoms with Crippen molar-refractivity contribution >= 4 is 17.2 Å². The first-order chi connectivity index (χ1) is 10.6. The van der Waals surface area contributed by atoms with Gasteiger partial charge in [-0.15, -0.1) is 11.3 Å². The molecule has 7 heteroatoms. The van der Waals surface area contributed by atoms with Crippen LogP contribution >= 0.6 is 11.3 Å². The van der Waals surface area contributed by atoms with E-state index < -0.39 is 0 Å². The van der Waals surface area contributed by atoms with Gasteiger partial charge in [-0.3, -0.25) is 9.48 Å². The van der Waals surface area contributed by atoms with Crippen LogP contribution in [0.2, 0.25) is 0 Å². The Hall–Kier alpha value is -1.73. The summed E-state index contributed by atoms with van der Waals surface area (Å²) < 4.78 is 7.54. The van der Waals surface area contributed by atoms with Gasteiger partial charge in [0.1, 0.15) is 11.1 Å². The molecule has 2 aromatic heterocycles. The van der Waals surface area contributed by atoms with Crippen molar-refractivity contribution in [1.82, 2.24) is 20.1 Å². The average molecular weight is 320 g/mol. The Morgan fingerprint density at radius 2 is 2.41 bits per heavy atom. The summed E-state index contributed by atoms with van der Waals surface area (Å²) in [5, 5.41) is 10.2. The minimum Gasteiger partial charge on any atom is -0.371 e. The van der Waals surface area contributed by atoms with Gasteiger partial charge in [0.05, 0.1) is 17.7 Å². The molecule has 3 heterocycles. The van der Waals surface area contributed by atoms with Crippen molar-refractivity contribution in [2.45, 2.75) is 32.4 Å². The number of aromatic nitrogens is 3. The summed E-state index contributed by atoms with van der Waals surface area (Å²) >= 11 is 1.57. The summed E-state index contributed by atoms with van der Waals surface area (Å²) in [6, 6.07) is 1.82. The van der Waals surface area contributed by atoms with Crippen LogP contribution < -0.4 is 5.32 Å². The third-order valence-electron chi connectivity index (χ3n) is 3.94. The van der Waals surface area contributed by atoms with E-state index in [2.05, 4.69) is 15.4 Å². The molecule has 0 aliphatic carbocycles. The van der Waals surface area contributed by atoms with Gasteiger partial charge in [-0.25, -0.2) is 4.98 Å². The largest absolute Gasteiger partial charge is 0.371 e. The molecule has 22 heavy (non-hydrogen) atoms. The van der Waals surface area contributed by atoms with Gasteiger partial charge in [0, 0.05) is 30.9 Å². The molecule has 2 aromatic rings. The highest BCUT2D eigenvalue weighted by Crippen LogP contribution is 2.34. The van der Waals surface area contributed by atoms with E-state index in [-0.39, 0.29) is 24.0 Å². The smallest absolute Gasteiger partial charge is 0.226 e. The zero-order chi connectivity index (χ0) is 15.7. The van der Waals surface area contributed by atoms with E-state index in [1.807, 2.05) is 32.3 Å². The number of hydrogen-bond acceptors (Lipinski definition) is 5. The second-order valence-corrected chi connectivity index (χ2v) is 6.51. The third-order valence-corrected chi connectivity index (χ3v) is 5.09. The lowest BCUT2D eigenvalue weighted by molar-refractivity contribution is -0.127. The van der Waals surface area contributed by atoms with Crippen LogP contribution in [-0.4, -0.2) is 27.3 Å². The number of thiazole rings is 1. The van der Waals surface area contributed by atoms with Crippen molar-refractivity contribution in [2.75, 3.05) is 6.61 Å². The first-order valence-corrected chi connectivity index (χ1v) is 8.26. The predicted molar refractivity (Wildman–Crippen MR) is 83.4 cm³/mol. The maximum atomic E-state index is 12.6. The highest BCUT2D eigenvalue weighted by molar-refractivity contribution is 7.09. The number of hydrogen-bond donors (Lipinski definition) is 1. The zero-order valence-electron chi connectivity index (χ0n) is 12.9. The van der Waals surface area contributed by atoms with Gasteiger partial charge in [0.25, 0.3) is 0 Å². The number of ether oxygens (including phenoxy) is 1. The number of nitrogens with one attached hydrogen (secondary N) is 1. The van der Waals surface area contributed by atoms with Gasteiger partial charge in [-0.1, -0.05) is 0 Å². The molecule has 0 aromatic carbocycles. The lowest BCUT2D eigenvalue weighted by Crippen LogP contribution is -2.34. The molecule has 3 rings (SSSR count). The summed E-state index contributed by atoms with van der Waals surface area (Å²) in [4.78, 5) is 17.0. The Kier molecular flexibility index (Phi) is 4.26. The fourth-order valence-electron chi connectivity index (χ4n) is 2.77. The van der Waals surface area contributed by atoms with Gasteiger partial charge in [-0.05, 0) is 26.3 Å². The van der Waals surface area contributed by atoms with E-state index in [1.54, 1.807) is 22.2 Å². The fraction of sp³-hybridized carbons (Fsp3) is 0.533. The molecule has 0 saturated carbocycles. The monoisotopic (exact) mass is 320 g/mol. The van der Waals surface area contributed by atoms with E-state index >= 15 is 0 Å². The molecule has 3 atom stereocenters. The second kappa shape index (κ2) is 6.18. The van der Waals surface area contributed by atoms with Crippen LogP contribution in [0.3, 0.4) is 0 Å². The van der Waals surface area contributed by atoms with Crippen LogP contribution in [0.5, 0.6) is 0 Å². The molecule has 0 spiro atoms. The quantitative estimate of drug-likeness (QED) is 0.937. The zero-order valence-corrected chi connectivity index (χ0v) is 13.8. The van der Waals surface area contributed by atoms with E-state index in [4.69, 9.17) is 4.74 Å².